The Labute approximate surface area is 92.9 Å². The summed E-state index contributed by atoms with van der Waals surface area (Å²) in [6.07, 6.45) is 2.96. The molecular weight excluding hydrogens is 184 g/mol. The Kier molecular flexibility index (Phi) is 1.77. The second kappa shape index (κ2) is 2.68. The normalized spacial score (nSPS) is 54.7. The van der Waals surface area contributed by atoms with Crippen LogP contribution in [-0.4, -0.2) is 13.2 Å². The van der Waals surface area contributed by atoms with Crippen molar-refractivity contribution in [2.75, 3.05) is 13.2 Å². The van der Waals surface area contributed by atoms with Gasteiger partial charge in [-0.05, 0) is 48.3 Å². The first-order valence-corrected chi connectivity index (χ1v) is 6.22. The van der Waals surface area contributed by atoms with Gasteiger partial charge >= 0.3 is 0 Å². The van der Waals surface area contributed by atoms with Crippen LogP contribution in [0.15, 0.2) is 12.2 Å². The van der Waals surface area contributed by atoms with E-state index >= 15 is 0 Å². The summed E-state index contributed by atoms with van der Waals surface area (Å²) in [5, 5.41) is 0. The van der Waals surface area contributed by atoms with Gasteiger partial charge in [0.15, 0.2) is 0 Å². The van der Waals surface area contributed by atoms with Crippen molar-refractivity contribution < 1.29 is 4.74 Å². The molecule has 1 heteroatoms. The first kappa shape index (κ1) is 9.89. The second-order valence-corrected chi connectivity index (χ2v) is 6.53. The smallest absolute Gasteiger partial charge is 0.0671 e. The van der Waals surface area contributed by atoms with Crippen molar-refractivity contribution in [1.82, 2.24) is 0 Å². The number of hydrogen-bond donors (Lipinski definition) is 0. The van der Waals surface area contributed by atoms with Crippen molar-refractivity contribution in [3.8, 4) is 0 Å². The summed E-state index contributed by atoms with van der Waals surface area (Å²) in [5.74, 6) is 3.03. The van der Waals surface area contributed by atoms with Crippen LogP contribution >= 0.6 is 0 Å². The number of hydrogen-bond acceptors (Lipinski definition) is 1. The minimum Gasteiger partial charge on any atom is -0.377 e. The van der Waals surface area contributed by atoms with Gasteiger partial charge in [0, 0.05) is 0 Å². The van der Waals surface area contributed by atoms with E-state index in [9.17, 15) is 0 Å². The molecule has 0 aromatic heterocycles. The molecule has 4 aliphatic carbocycles. The van der Waals surface area contributed by atoms with Gasteiger partial charge in [0.05, 0.1) is 13.2 Å². The highest BCUT2D eigenvalue weighted by Crippen LogP contribution is 2.86. The third-order valence-corrected chi connectivity index (χ3v) is 5.88. The van der Waals surface area contributed by atoms with E-state index in [1.165, 1.54) is 12.8 Å². The third kappa shape index (κ3) is 0.982. The van der Waals surface area contributed by atoms with E-state index < -0.39 is 0 Å². The highest BCUT2D eigenvalue weighted by Gasteiger charge is 2.81. The lowest BCUT2D eigenvalue weighted by molar-refractivity contribution is 0.0172. The molecular formula is C14H22O. The molecule has 84 valence electrons. The fraction of sp³-hybridized carbons (Fsp3) is 0.857. The van der Waals surface area contributed by atoms with Crippen LogP contribution < -0.4 is 0 Å². The molecule has 0 saturated heterocycles. The van der Waals surface area contributed by atoms with E-state index in [0.717, 1.165) is 36.5 Å². The number of ether oxygens (including phenoxy) is 1. The van der Waals surface area contributed by atoms with Gasteiger partial charge in [-0.15, -0.1) is 0 Å². The van der Waals surface area contributed by atoms with Crippen molar-refractivity contribution in [1.29, 1.82) is 0 Å². The lowest BCUT2D eigenvalue weighted by Gasteiger charge is -2.33. The van der Waals surface area contributed by atoms with Crippen molar-refractivity contribution in [3.63, 3.8) is 0 Å². The molecule has 0 N–H and O–H groups in total. The van der Waals surface area contributed by atoms with Crippen LogP contribution in [0.5, 0.6) is 0 Å². The van der Waals surface area contributed by atoms with Crippen LogP contribution in [0, 0.1) is 28.6 Å². The van der Waals surface area contributed by atoms with Gasteiger partial charge in [0.25, 0.3) is 0 Å². The summed E-state index contributed by atoms with van der Waals surface area (Å²) < 4.78 is 5.84. The molecule has 4 fully saturated rings. The molecule has 0 unspecified atom stereocenters. The average Bonchev–Trinajstić information content (AvgIpc) is 2.53. The molecule has 1 nitrogen and oxygen atoms in total. The van der Waals surface area contributed by atoms with E-state index in [2.05, 4.69) is 20.4 Å². The zero-order valence-corrected chi connectivity index (χ0v) is 10.2. The molecule has 0 amide bonds. The van der Waals surface area contributed by atoms with Gasteiger partial charge in [0.1, 0.15) is 0 Å². The fourth-order valence-electron chi connectivity index (χ4n) is 4.74. The molecule has 15 heavy (non-hydrogen) atoms. The summed E-state index contributed by atoms with van der Waals surface area (Å²) >= 11 is 0. The molecule has 0 aromatic rings. The van der Waals surface area contributed by atoms with Gasteiger partial charge in [-0.25, -0.2) is 0 Å². The molecule has 0 heterocycles. The van der Waals surface area contributed by atoms with Gasteiger partial charge in [-0.3, -0.25) is 0 Å². The van der Waals surface area contributed by atoms with E-state index in [4.69, 9.17) is 4.74 Å². The second-order valence-electron chi connectivity index (χ2n) is 6.53. The Balaban J connectivity index is 1.68. The fourth-order valence-corrected chi connectivity index (χ4v) is 4.74. The molecule has 4 rings (SSSR count). The summed E-state index contributed by atoms with van der Waals surface area (Å²) in [6.45, 7) is 12.6. The van der Waals surface area contributed by atoms with Crippen LogP contribution in [0.4, 0.5) is 0 Å². The van der Waals surface area contributed by atoms with Crippen molar-refractivity contribution >= 4 is 0 Å². The molecule has 0 spiro atoms. The van der Waals surface area contributed by atoms with Crippen molar-refractivity contribution in [3.05, 3.63) is 12.2 Å². The van der Waals surface area contributed by atoms with Gasteiger partial charge in [-0.1, -0.05) is 26.0 Å². The third-order valence-electron chi connectivity index (χ3n) is 5.88. The van der Waals surface area contributed by atoms with Crippen LogP contribution in [0.1, 0.15) is 33.6 Å². The maximum absolute atomic E-state index is 5.84. The Morgan fingerprint density at radius 2 is 1.93 bits per heavy atom. The Morgan fingerprint density at radius 3 is 2.33 bits per heavy atom. The highest BCUT2D eigenvalue weighted by molar-refractivity contribution is 5.29. The minimum atomic E-state index is 0.470. The minimum absolute atomic E-state index is 0.470. The molecule has 0 radical (unpaired) electrons. The number of rotatable bonds is 4. The lowest BCUT2D eigenvalue weighted by atomic mass is 9.75. The van der Waals surface area contributed by atoms with E-state index in [1.807, 2.05) is 6.92 Å². The summed E-state index contributed by atoms with van der Waals surface area (Å²) in [5.41, 5.74) is 2.24. The van der Waals surface area contributed by atoms with E-state index in [-0.39, 0.29) is 0 Å². The van der Waals surface area contributed by atoms with Gasteiger partial charge < -0.3 is 4.74 Å². The van der Waals surface area contributed by atoms with Crippen LogP contribution in [0.3, 0.4) is 0 Å². The van der Waals surface area contributed by atoms with Gasteiger partial charge in [0.2, 0.25) is 0 Å². The first-order valence-electron chi connectivity index (χ1n) is 6.22. The van der Waals surface area contributed by atoms with E-state index in [1.54, 1.807) is 0 Å². The summed E-state index contributed by atoms with van der Waals surface area (Å²) in [7, 11) is 0. The Hall–Kier alpha value is -0.300. The monoisotopic (exact) mass is 206 g/mol. The predicted octanol–water partition coefficient (Wildman–Crippen LogP) is 3.26. The standard InChI is InChI=1S/C14H22O/c1-9(2)7-15-8-13(3)10-5-11-12(6-10)14(11,13)4/h10-12H,1,5-8H2,2-4H3/t10?,11-,12-,13+,14?/m1/s1. The maximum atomic E-state index is 5.84. The molecule has 0 aliphatic heterocycles. The highest BCUT2D eigenvalue weighted by atomic mass is 16.5. The predicted molar refractivity (Wildman–Crippen MR) is 61.6 cm³/mol. The van der Waals surface area contributed by atoms with Crippen molar-refractivity contribution in [2.45, 2.75) is 33.6 Å². The van der Waals surface area contributed by atoms with E-state index in [0.29, 0.717) is 10.8 Å². The van der Waals surface area contributed by atoms with Crippen LogP contribution in [-0.2, 0) is 4.74 Å². The molecule has 4 bridgehead atoms. The van der Waals surface area contributed by atoms with Crippen LogP contribution in [0.2, 0.25) is 0 Å². The zero-order valence-electron chi connectivity index (χ0n) is 10.2. The Bertz CT molecular complexity index is 307. The molecule has 0 aromatic carbocycles. The molecule has 4 aliphatic rings. The average molecular weight is 206 g/mol. The zero-order chi connectivity index (χ0) is 10.8. The largest absolute Gasteiger partial charge is 0.377 e. The maximum Gasteiger partial charge on any atom is 0.0671 e. The summed E-state index contributed by atoms with van der Waals surface area (Å²) in [6, 6.07) is 0. The van der Waals surface area contributed by atoms with Gasteiger partial charge in [-0.2, -0.15) is 0 Å². The molecule has 3 atom stereocenters. The SMILES string of the molecule is C=C(C)COC[C@@]1(C)C2C[C@@H]3[C@@H](C2)C31C. The van der Waals surface area contributed by atoms with Crippen molar-refractivity contribution in [2.24, 2.45) is 28.6 Å². The Morgan fingerprint density at radius 1 is 1.33 bits per heavy atom. The van der Waals surface area contributed by atoms with Crippen LogP contribution in [0.25, 0.3) is 0 Å². The first-order chi connectivity index (χ1) is 7.00. The molecule has 4 saturated carbocycles. The topological polar surface area (TPSA) is 9.23 Å². The lowest BCUT2D eigenvalue weighted by Crippen LogP contribution is -2.32. The quantitative estimate of drug-likeness (QED) is 0.641. The summed E-state index contributed by atoms with van der Waals surface area (Å²) in [4.78, 5) is 0.